The topological polar surface area (TPSA) is 65.3 Å². The fourth-order valence-corrected chi connectivity index (χ4v) is 3.01. The minimum atomic E-state index is -1.26. The number of rotatable bonds is 2. The number of para-hydroxylation sites is 1. The molecule has 0 saturated heterocycles. The van der Waals surface area contributed by atoms with Crippen molar-refractivity contribution in [2.24, 2.45) is 0 Å². The van der Waals surface area contributed by atoms with Crippen LogP contribution in [0.1, 0.15) is 29.2 Å². The summed E-state index contributed by atoms with van der Waals surface area (Å²) in [5, 5.41) is 23.9. The van der Waals surface area contributed by atoms with E-state index in [2.05, 4.69) is 11.4 Å². The van der Waals surface area contributed by atoms with Crippen molar-refractivity contribution in [1.82, 2.24) is 5.32 Å². The molecule has 112 valence electrons. The summed E-state index contributed by atoms with van der Waals surface area (Å²) < 4.78 is 5.87. The van der Waals surface area contributed by atoms with Crippen molar-refractivity contribution < 1.29 is 9.84 Å². The highest BCUT2D eigenvalue weighted by atomic mass is 16.5. The monoisotopic (exact) mass is 294 g/mol. The molecule has 2 aromatic rings. The molecule has 0 aliphatic carbocycles. The van der Waals surface area contributed by atoms with Crippen LogP contribution >= 0.6 is 0 Å². The summed E-state index contributed by atoms with van der Waals surface area (Å²) in [7, 11) is 1.81. The number of nitrogens with one attached hydrogen (secondary N) is 1. The number of hydrogen-bond acceptors (Lipinski definition) is 4. The van der Waals surface area contributed by atoms with E-state index in [1.54, 1.807) is 12.1 Å². The molecule has 2 unspecified atom stereocenters. The van der Waals surface area contributed by atoms with Crippen LogP contribution in [0.2, 0.25) is 0 Å². The maximum atomic E-state index is 11.6. The maximum Gasteiger partial charge on any atom is 0.134 e. The van der Waals surface area contributed by atoms with Crippen LogP contribution in [0.3, 0.4) is 0 Å². The fourth-order valence-electron chi connectivity index (χ4n) is 3.01. The molecule has 2 N–H and O–H groups in total. The third-order valence-corrected chi connectivity index (χ3v) is 4.39. The zero-order valence-electron chi connectivity index (χ0n) is 12.6. The van der Waals surface area contributed by atoms with Gasteiger partial charge in [0.25, 0.3) is 0 Å². The van der Waals surface area contributed by atoms with Crippen molar-refractivity contribution in [3.8, 4) is 11.8 Å². The summed E-state index contributed by atoms with van der Waals surface area (Å²) in [6, 6.07) is 14.8. The lowest BCUT2D eigenvalue weighted by atomic mass is 9.78. The number of likely N-dealkylation sites (N-methyl/N-ethyl adjacent to an activating group) is 1. The van der Waals surface area contributed by atoms with Crippen LogP contribution in [0.4, 0.5) is 0 Å². The molecule has 0 fully saturated rings. The highest BCUT2D eigenvalue weighted by molar-refractivity contribution is 5.52. The lowest BCUT2D eigenvalue weighted by Gasteiger charge is -2.35. The average Bonchev–Trinajstić information content (AvgIpc) is 2.70. The number of hydrogen-bond donors (Lipinski definition) is 2. The zero-order chi connectivity index (χ0) is 15.7. The van der Waals surface area contributed by atoms with Gasteiger partial charge in [-0.25, -0.2) is 0 Å². The summed E-state index contributed by atoms with van der Waals surface area (Å²) >= 11 is 0. The number of ether oxygens (including phenoxy) is 1. The van der Waals surface area contributed by atoms with Gasteiger partial charge in [0.1, 0.15) is 18.0 Å². The third kappa shape index (κ3) is 2.07. The SMILES string of the molecule is CNC(C)C1(O)c2cc(C#N)ccc2COc2ccccc21. The van der Waals surface area contributed by atoms with E-state index in [-0.39, 0.29) is 6.04 Å². The Kier molecular flexibility index (Phi) is 3.61. The average molecular weight is 294 g/mol. The molecule has 4 nitrogen and oxygen atoms in total. The van der Waals surface area contributed by atoms with Crippen LogP contribution < -0.4 is 10.1 Å². The zero-order valence-corrected chi connectivity index (χ0v) is 12.6. The van der Waals surface area contributed by atoms with Gasteiger partial charge in [0, 0.05) is 11.6 Å². The van der Waals surface area contributed by atoms with Crippen molar-refractivity contribution in [2.45, 2.75) is 25.2 Å². The molecule has 22 heavy (non-hydrogen) atoms. The van der Waals surface area contributed by atoms with Crippen LogP contribution in [0.5, 0.6) is 5.75 Å². The second kappa shape index (κ2) is 5.45. The maximum absolute atomic E-state index is 11.6. The van der Waals surface area contributed by atoms with Gasteiger partial charge in [-0.15, -0.1) is 0 Å². The number of aliphatic hydroxyl groups is 1. The first-order chi connectivity index (χ1) is 10.6. The molecular weight excluding hydrogens is 276 g/mol. The van der Waals surface area contributed by atoms with Crippen LogP contribution in [0.15, 0.2) is 42.5 Å². The molecule has 3 rings (SSSR count). The Hall–Kier alpha value is -2.35. The van der Waals surface area contributed by atoms with Gasteiger partial charge in [-0.1, -0.05) is 24.3 Å². The van der Waals surface area contributed by atoms with Crippen LogP contribution in [-0.4, -0.2) is 18.2 Å². The van der Waals surface area contributed by atoms with Crippen molar-refractivity contribution in [3.63, 3.8) is 0 Å². The second-order valence-electron chi connectivity index (χ2n) is 5.55. The van der Waals surface area contributed by atoms with Crippen LogP contribution in [0, 0.1) is 11.3 Å². The van der Waals surface area contributed by atoms with Crippen LogP contribution in [0.25, 0.3) is 0 Å². The highest BCUT2D eigenvalue weighted by Crippen LogP contribution is 2.42. The van der Waals surface area contributed by atoms with Crippen LogP contribution in [-0.2, 0) is 12.2 Å². The Morgan fingerprint density at radius 3 is 2.77 bits per heavy atom. The Labute approximate surface area is 130 Å². The van der Waals surface area contributed by atoms with Gasteiger partial charge in [-0.3, -0.25) is 0 Å². The van der Waals surface area contributed by atoms with E-state index in [0.29, 0.717) is 23.5 Å². The molecule has 2 atom stereocenters. The minimum absolute atomic E-state index is 0.247. The van der Waals surface area contributed by atoms with Crippen molar-refractivity contribution in [2.75, 3.05) is 7.05 Å². The largest absolute Gasteiger partial charge is 0.488 e. The molecule has 1 aliphatic heterocycles. The van der Waals surface area contributed by atoms with E-state index >= 15 is 0 Å². The summed E-state index contributed by atoms with van der Waals surface area (Å²) in [5.41, 5.74) is 1.59. The molecule has 4 heteroatoms. The summed E-state index contributed by atoms with van der Waals surface area (Å²) in [4.78, 5) is 0. The molecule has 0 amide bonds. The molecule has 1 heterocycles. The van der Waals surface area contributed by atoms with Gasteiger partial charge in [-0.2, -0.15) is 5.26 Å². The van der Waals surface area contributed by atoms with E-state index < -0.39 is 5.60 Å². The fraction of sp³-hybridized carbons (Fsp3) is 0.278. The smallest absolute Gasteiger partial charge is 0.134 e. The first-order valence-corrected chi connectivity index (χ1v) is 7.26. The van der Waals surface area contributed by atoms with E-state index in [1.165, 1.54) is 0 Å². The highest BCUT2D eigenvalue weighted by Gasteiger charge is 2.42. The number of fused-ring (bicyclic) bond motifs is 2. The Bertz CT molecular complexity index is 751. The molecule has 0 radical (unpaired) electrons. The summed E-state index contributed by atoms with van der Waals surface area (Å²) in [6.45, 7) is 2.29. The molecule has 0 bridgehead atoms. The number of nitrogens with zero attached hydrogens (tertiary/aromatic N) is 1. The number of benzene rings is 2. The summed E-state index contributed by atoms with van der Waals surface area (Å²) in [5.74, 6) is 0.668. The number of nitriles is 1. The predicted molar refractivity (Wildman–Crippen MR) is 83.5 cm³/mol. The van der Waals surface area contributed by atoms with Gasteiger partial charge in [0.15, 0.2) is 0 Å². The standard InChI is InChI=1S/C18H18N2O2/c1-12(20-2)18(21)15-5-3-4-6-17(15)22-11-14-8-7-13(10-19)9-16(14)18/h3-9,12,20-21H,11H2,1-2H3. The second-order valence-corrected chi connectivity index (χ2v) is 5.55. The van der Waals surface area contributed by atoms with Crippen molar-refractivity contribution in [3.05, 3.63) is 64.7 Å². The van der Waals surface area contributed by atoms with Gasteiger partial charge in [0.2, 0.25) is 0 Å². The molecule has 1 aliphatic rings. The van der Waals surface area contributed by atoms with E-state index in [4.69, 9.17) is 4.74 Å². The Morgan fingerprint density at radius 2 is 2.05 bits per heavy atom. The Morgan fingerprint density at radius 1 is 1.27 bits per heavy atom. The predicted octanol–water partition coefficient (Wildman–Crippen LogP) is 2.29. The van der Waals surface area contributed by atoms with Crippen molar-refractivity contribution >= 4 is 0 Å². The van der Waals surface area contributed by atoms with Gasteiger partial charge in [0.05, 0.1) is 11.6 Å². The van der Waals surface area contributed by atoms with E-state index in [0.717, 1.165) is 11.1 Å². The summed E-state index contributed by atoms with van der Waals surface area (Å²) in [6.07, 6.45) is 0. The van der Waals surface area contributed by atoms with Gasteiger partial charge in [-0.05, 0) is 43.3 Å². The molecule has 0 saturated carbocycles. The third-order valence-electron chi connectivity index (χ3n) is 4.39. The molecule has 0 spiro atoms. The van der Waals surface area contributed by atoms with E-state index in [1.807, 2.05) is 44.3 Å². The lowest BCUT2D eigenvalue weighted by molar-refractivity contribution is 0.0460. The Balaban J connectivity index is 2.32. The van der Waals surface area contributed by atoms with Crippen molar-refractivity contribution in [1.29, 1.82) is 5.26 Å². The van der Waals surface area contributed by atoms with E-state index in [9.17, 15) is 10.4 Å². The molecule has 2 aromatic carbocycles. The van der Waals surface area contributed by atoms with Gasteiger partial charge < -0.3 is 15.2 Å². The molecular formula is C18H18N2O2. The lowest BCUT2D eigenvalue weighted by Crippen LogP contribution is -2.46. The first kappa shape index (κ1) is 14.6. The quantitative estimate of drug-likeness (QED) is 0.892. The first-order valence-electron chi connectivity index (χ1n) is 7.26. The minimum Gasteiger partial charge on any atom is -0.488 e. The van der Waals surface area contributed by atoms with Gasteiger partial charge >= 0.3 is 0 Å². The molecule has 0 aromatic heterocycles. The normalized spacial score (nSPS) is 20.8.